The van der Waals surface area contributed by atoms with Crippen molar-refractivity contribution < 1.29 is 4.39 Å². The highest BCUT2D eigenvalue weighted by Crippen LogP contribution is 2.12. The highest BCUT2D eigenvalue weighted by atomic mass is 19.1. The number of nitrogens with zero attached hydrogens (tertiary/aromatic N) is 4. The molecule has 0 unspecified atom stereocenters. The quantitative estimate of drug-likeness (QED) is 0.808. The van der Waals surface area contributed by atoms with E-state index in [9.17, 15) is 4.39 Å². The molecule has 0 amide bonds. The van der Waals surface area contributed by atoms with Gasteiger partial charge in [-0.2, -0.15) is 5.10 Å². The third-order valence-corrected chi connectivity index (χ3v) is 2.32. The molecule has 0 aliphatic rings. The van der Waals surface area contributed by atoms with E-state index in [1.54, 1.807) is 0 Å². The first kappa shape index (κ1) is 11.4. The SMILES string of the molecule is CCc1ncnc(NCCc2ncn[nH]2)c1F. The van der Waals surface area contributed by atoms with Crippen LogP contribution >= 0.6 is 0 Å². The van der Waals surface area contributed by atoms with Crippen molar-refractivity contribution in [2.24, 2.45) is 0 Å². The number of aromatic nitrogens is 5. The first-order valence-corrected chi connectivity index (χ1v) is 5.38. The standard InChI is InChI=1S/C10H13FN6/c1-2-7-9(11)10(15-5-13-7)12-4-3-8-14-6-16-17-8/h5-6H,2-4H2,1H3,(H,12,13,15)(H,14,16,17). The van der Waals surface area contributed by atoms with Crippen molar-refractivity contribution in [3.8, 4) is 0 Å². The number of nitrogens with one attached hydrogen (secondary N) is 2. The highest BCUT2D eigenvalue weighted by molar-refractivity contribution is 5.37. The van der Waals surface area contributed by atoms with Crippen molar-refractivity contribution in [1.82, 2.24) is 25.1 Å². The molecule has 7 heteroatoms. The summed E-state index contributed by atoms with van der Waals surface area (Å²) in [6.45, 7) is 2.38. The molecule has 2 rings (SSSR count). The lowest BCUT2D eigenvalue weighted by Gasteiger charge is -2.06. The van der Waals surface area contributed by atoms with Gasteiger partial charge in [0.15, 0.2) is 11.6 Å². The Morgan fingerprint density at radius 2 is 2.18 bits per heavy atom. The maximum absolute atomic E-state index is 13.7. The molecule has 2 aromatic heterocycles. The minimum absolute atomic E-state index is 0.233. The van der Waals surface area contributed by atoms with Crippen LogP contribution in [0.25, 0.3) is 0 Å². The van der Waals surface area contributed by atoms with Gasteiger partial charge in [0.1, 0.15) is 18.5 Å². The van der Waals surface area contributed by atoms with Crippen LogP contribution in [-0.2, 0) is 12.8 Å². The first-order valence-electron chi connectivity index (χ1n) is 5.38. The summed E-state index contributed by atoms with van der Waals surface area (Å²) in [6, 6.07) is 0. The van der Waals surface area contributed by atoms with E-state index in [0.29, 0.717) is 25.1 Å². The Kier molecular flexibility index (Phi) is 3.59. The lowest BCUT2D eigenvalue weighted by atomic mass is 10.3. The van der Waals surface area contributed by atoms with Gasteiger partial charge in [-0.15, -0.1) is 0 Å². The van der Waals surface area contributed by atoms with E-state index in [1.807, 2.05) is 6.92 Å². The van der Waals surface area contributed by atoms with E-state index in [2.05, 4.69) is 30.5 Å². The number of H-pyrrole nitrogens is 1. The number of halogens is 1. The normalized spacial score (nSPS) is 10.5. The Morgan fingerprint density at radius 1 is 1.29 bits per heavy atom. The van der Waals surface area contributed by atoms with Crippen molar-refractivity contribution in [3.63, 3.8) is 0 Å². The first-order chi connectivity index (χ1) is 8.31. The zero-order valence-electron chi connectivity index (χ0n) is 9.44. The van der Waals surface area contributed by atoms with Crippen LogP contribution in [0.4, 0.5) is 10.2 Å². The molecule has 90 valence electrons. The highest BCUT2D eigenvalue weighted by Gasteiger charge is 2.08. The monoisotopic (exact) mass is 236 g/mol. The van der Waals surface area contributed by atoms with Gasteiger partial charge in [-0.3, -0.25) is 5.10 Å². The summed E-state index contributed by atoms with van der Waals surface area (Å²) in [5.74, 6) is 0.603. The maximum Gasteiger partial charge on any atom is 0.186 e. The van der Waals surface area contributed by atoms with Crippen LogP contribution in [0.2, 0.25) is 0 Å². The minimum atomic E-state index is -0.382. The molecule has 6 nitrogen and oxygen atoms in total. The fourth-order valence-corrected chi connectivity index (χ4v) is 1.43. The topological polar surface area (TPSA) is 79.4 Å². The van der Waals surface area contributed by atoms with E-state index in [-0.39, 0.29) is 11.6 Å². The molecular formula is C10H13FN6. The molecule has 0 aromatic carbocycles. The Balaban J connectivity index is 1.95. The molecule has 0 atom stereocenters. The second-order valence-corrected chi connectivity index (χ2v) is 3.45. The molecule has 0 aliphatic carbocycles. The number of hydrogen-bond acceptors (Lipinski definition) is 5. The van der Waals surface area contributed by atoms with Crippen molar-refractivity contribution in [2.45, 2.75) is 19.8 Å². The van der Waals surface area contributed by atoms with E-state index in [0.717, 1.165) is 5.82 Å². The predicted molar refractivity (Wildman–Crippen MR) is 59.9 cm³/mol. The predicted octanol–water partition coefficient (Wildman–Crippen LogP) is 0.951. The zero-order valence-corrected chi connectivity index (χ0v) is 9.44. The third-order valence-electron chi connectivity index (χ3n) is 2.32. The molecule has 0 fully saturated rings. The van der Waals surface area contributed by atoms with Gasteiger partial charge in [0, 0.05) is 13.0 Å². The second-order valence-electron chi connectivity index (χ2n) is 3.45. The molecule has 2 heterocycles. The maximum atomic E-state index is 13.7. The van der Waals surface area contributed by atoms with Crippen molar-refractivity contribution >= 4 is 5.82 Å². The number of aromatic amines is 1. The van der Waals surface area contributed by atoms with Crippen molar-refractivity contribution in [1.29, 1.82) is 0 Å². The van der Waals surface area contributed by atoms with Gasteiger partial charge in [0.2, 0.25) is 0 Å². The summed E-state index contributed by atoms with van der Waals surface area (Å²) in [7, 11) is 0. The summed E-state index contributed by atoms with van der Waals surface area (Å²) < 4.78 is 13.7. The zero-order chi connectivity index (χ0) is 12.1. The Morgan fingerprint density at radius 3 is 2.88 bits per heavy atom. The van der Waals surface area contributed by atoms with Gasteiger partial charge in [-0.25, -0.2) is 19.3 Å². The molecule has 0 spiro atoms. The summed E-state index contributed by atoms with van der Waals surface area (Å²) in [5, 5.41) is 9.37. The van der Waals surface area contributed by atoms with Crippen LogP contribution < -0.4 is 5.32 Å². The van der Waals surface area contributed by atoms with Gasteiger partial charge < -0.3 is 5.32 Å². The van der Waals surface area contributed by atoms with Gasteiger partial charge >= 0.3 is 0 Å². The molecular weight excluding hydrogens is 223 g/mol. The van der Waals surface area contributed by atoms with Crippen LogP contribution in [0, 0.1) is 5.82 Å². The number of anilines is 1. The molecule has 0 saturated heterocycles. The smallest absolute Gasteiger partial charge is 0.186 e. The van der Waals surface area contributed by atoms with Crippen LogP contribution in [0.1, 0.15) is 18.4 Å². The van der Waals surface area contributed by atoms with Crippen molar-refractivity contribution in [2.75, 3.05) is 11.9 Å². The van der Waals surface area contributed by atoms with E-state index in [4.69, 9.17) is 0 Å². The van der Waals surface area contributed by atoms with E-state index >= 15 is 0 Å². The minimum Gasteiger partial charge on any atom is -0.367 e. The Labute approximate surface area is 97.7 Å². The lowest BCUT2D eigenvalue weighted by molar-refractivity contribution is 0.596. The molecule has 17 heavy (non-hydrogen) atoms. The second kappa shape index (κ2) is 5.33. The van der Waals surface area contributed by atoms with Crippen LogP contribution in [0.5, 0.6) is 0 Å². The fraction of sp³-hybridized carbons (Fsp3) is 0.400. The summed E-state index contributed by atoms with van der Waals surface area (Å²) >= 11 is 0. The molecule has 0 aliphatic heterocycles. The van der Waals surface area contributed by atoms with Gasteiger partial charge in [-0.1, -0.05) is 6.92 Å². The number of hydrogen-bond donors (Lipinski definition) is 2. The third kappa shape index (κ3) is 2.74. The number of rotatable bonds is 5. The lowest BCUT2D eigenvalue weighted by Crippen LogP contribution is -2.10. The van der Waals surface area contributed by atoms with Gasteiger partial charge in [0.25, 0.3) is 0 Å². The van der Waals surface area contributed by atoms with Gasteiger partial charge in [-0.05, 0) is 6.42 Å². The van der Waals surface area contributed by atoms with Crippen LogP contribution in [-0.4, -0.2) is 31.7 Å². The Bertz CT molecular complexity index is 470. The summed E-state index contributed by atoms with van der Waals surface area (Å²) in [6.07, 6.45) is 3.98. The number of aryl methyl sites for hydroxylation is 1. The molecule has 2 N–H and O–H groups in total. The average Bonchev–Trinajstić information content (AvgIpc) is 2.84. The molecule has 2 aromatic rings. The molecule has 0 bridgehead atoms. The largest absolute Gasteiger partial charge is 0.367 e. The summed E-state index contributed by atoms with van der Waals surface area (Å²) in [4.78, 5) is 11.7. The molecule has 0 radical (unpaired) electrons. The van der Waals surface area contributed by atoms with Crippen LogP contribution in [0.3, 0.4) is 0 Å². The Hall–Kier alpha value is -2.05. The molecule has 0 saturated carbocycles. The summed E-state index contributed by atoms with van der Waals surface area (Å²) in [5.41, 5.74) is 0.419. The van der Waals surface area contributed by atoms with E-state index < -0.39 is 0 Å². The van der Waals surface area contributed by atoms with Crippen molar-refractivity contribution in [3.05, 3.63) is 30.0 Å². The van der Waals surface area contributed by atoms with Gasteiger partial charge in [0.05, 0.1) is 5.69 Å². The average molecular weight is 236 g/mol. The van der Waals surface area contributed by atoms with E-state index in [1.165, 1.54) is 12.7 Å². The fourth-order valence-electron chi connectivity index (χ4n) is 1.43. The van der Waals surface area contributed by atoms with Crippen LogP contribution in [0.15, 0.2) is 12.7 Å².